The Labute approximate surface area is 71.2 Å². The highest BCUT2D eigenvalue weighted by Crippen LogP contribution is 2.42. The van der Waals surface area contributed by atoms with E-state index in [1.807, 2.05) is 0 Å². The molecule has 0 heterocycles. The van der Waals surface area contributed by atoms with E-state index in [1.165, 1.54) is 0 Å². The Balaban J connectivity index is 2.19. The lowest BCUT2D eigenvalue weighted by molar-refractivity contribution is -0.139. The highest BCUT2D eigenvalue weighted by Gasteiger charge is 2.47. The number of hydrogen-bond donors (Lipinski definition) is 2. The van der Waals surface area contributed by atoms with Crippen LogP contribution in [0.15, 0.2) is 0 Å². The smallest absolute Gasteiger partial charge is 0.306 e. The molecule has 1 saturated carbocycles. The van der Waals surface area contributed by atoms with Gasteiger partial charge in [0.2, 0.25) is 0 Å². The monoisotopic (exact) mass is 174 g/mol. The minimum Gasteiger partial charge on any atom is -0.481 e. The van der Waals surface area contributed by atoms with Gasteiger partial charge in [-0.15, -0.1) is 0 Å². The molecule has 0 bridgehead atoms. The van der Waals surface area contributed by atoms with Crippen LogP contribution >= 0.6 is 0 Å². The third kappa shape index (κ3) is 2.19. The van der Waals surface area contributed by atoms with Crippen LogP contribution in [0.1, 0.15) is 12.8 Å². The van der Waals surface area contributed by atoms with Crippen LogP contribution in [0.3, 0.4) is 0 Å². The summed E-state index contributed by atoms with van der Waals surface area (Å²) in [6.07, 6.45) is 0.636. The Morgan fingerprint density at radius 3 is 2.83 bits per heavy atom. The predicted octanol–water partition coefficient (Wildman–Crippen LogP) is 0.104. The molecule has 3 atom stereocenters. The number of hydrogen-bond acceptors (Lipinski definition) is 3. The number of aliphatic carboxylic acids is 1. The summed E-state index contributed by atoms with van der Waals surface area (Å²) < 4.78 is 4.78. The zero-order chi connectivity index (χ0) is 9.14. The van der Waals surface area contributed by atoms with E-state index >= 15 is 0 Å². The van der Waals surface area contributed by atoms with Crippen molar-refractivity contribution in [3.63, 3.8) is 0 Å². The van der Waals surface area contributed by atoms with E-state index in [0.717, 1.165) is 0 Å². The molecule has 2 N–H and O–H groups in total. The number of carboxylic acids is 1. The average molecular weight is 174 g/mol. The molecule has 1 aliphatic carbocycles. The van der Waals surface area contributed by atoms with Crippen LogP contribution in [-0.4, -0.2) is 36.0 Å². The molecule has 0 aliphatic heterocycles. The number of ether oxygens (including phenoxy) is 1. The van der Waals surface area contributed by atoms with Gasteiger partial charge < -0.3 is 14.9 Å². The largest absolute Gasteiger partial charge is 0.481 e. The van der Waals surface area contributed by atoms with Crippen LogP contribution in [0, 0.1) is 11.8 Å². The summed E-state index contributed by atoms with van der Waals surface area (Å²) in [5.41, 5.74) is 0. The first-order valence-electron chi connectivity index (χ1n) is 4.06. The fraction of sp³-hybridized carbons (Fsp3) is 0.875. The first-order chi connectivity index (χ1) is 5.66. The Morgan fingerprint density at radius 1 is 1.75 bits per heavy atom. The van der Waals surface area contributed by atoms with Gasteiger partial charge in [-0.3, -0.25) is 4.79 Å². The quantitative estimate of drug-likeness (QED) is 0.620. The van der Waals surface area contributed by atoms with Gasteiger partial charge in [0, 0.05) is 13.7 Å². The molecule has 0 radical (unpaired) electrons. The molecule has 70 valence electrons. The Morgan fingerprint density at radius 2 is 2.42 bits per heavy atom. The Hall–Kier alpha value is -0.610. The summed E-state index contributed by atoms with van der Waals surface area (Å²) in [5, 5.41) is 18.0. The van der Waals surface area contributed by atoms with E-state index in [-0.39, 0.29) is 11.8 Å². The average Bonchev–Trinajstić information content (AvgIpc) is 2.78. The van der Waals surface area contributed by atoms with Crippen LogP contribution in [0.25, 0.3) is 0 Å². The normalized spacial score (nSPS) is 29.8. The van der Waals surface area contributed by atoms with Gasteiger partial charge in [0.05, 0.1) is 12.0 Å². The summed E-state index contributed by atoms with van der Waals surface area (Å²) in [5.74, 6) is -1.16. The maximum absolute atomic E-state index is 10.4. The Bertz CT molecular complexity index is 168. The van der Waals surface area contributed by atoms with E-state index in [0.29, 0.717) is 19.4 Å². The number of rotatable bonds is 5. The molecule has 0 amide bonds. The molecule has 0 aromatic heterocycles. The number of carbonyl (C=O) groups is 1. The van der Waals surface area contributed by atoms with Crippen LogP contribution in [0.5, 0.6) is 0 Å². The zero-order valence-corrected chi connectivity index (χ0v) is 7.06. The van der Waals surface area contributed by atoms with E-state index in [4.69, 9.17) is 9.84 Å². The van der Waals surface area contributed by atoms with Gasteiger partial charge in [-0.1, -0.05) is 0 Å². The summed E-state index contributed by atoms with van der Waals surface area (Å²) in [7, 11) is 1.56. The van der Waals surface area contributed by atoms with Crippen molar-refractivity contribution in [2.24, 2.45) is 11.8 Å². The fourth-order valence-electron chi connectivity index (χ4n) is 1.38. The lowest BCUT2D eigenvalue weighted by atomic mass is 10.1. The van der Waals surface area contributed by atoms with Crippen LogP contribution in [-0.2, 0) is 9.53 Å². The van der Waals surface area contributed by atoms with E-state index in [9.17, 15) is 9.90 Å². The van der Waals surface area contributed by atoms with Crippen molar-refractivity contribution in [3.05, 3.63) is 0 Å². The SMILES string of the molecule is COCCC(O)C1CC1C(=O)O. The molecule has 0 spiro atoms. The summed E-state index contributed by atoms with van der Waals surface area (Å²) in [6, 6.07) is 0. The molecule has 12 heavy (non-hydrogen) atoms. The van der Waals surface area contributed by atoms with Crippen molar-refractivity contribution in [2.75, 3.05) is 13.7 Å². The summed E-state index contributed by atoms with van der Waals surface area (Å²) in [4.78, 5) is 10.4. The lowest BCUT2D eigenvalue weighted by Gasteiger charge is -2.07. The standard InChI is InChI=1S/C8H14O4/c1-12-3-2-7(9)5-4-6(5)8(10)11/h5-7,9H,2-4H2,1H3,(H,10,11). The fourth-order valence-corrected chi connectivity index (χ4v) is 1.38. The van der Waals surface area contributed by atoms with Crippen LogP contribution in [0.2, 0.25) is 0 Å². The van der Waals surface area contributed by atoms with Crippen LogP contribution in [0.4, 0.5) is 0 Å². The first kappa shape index (κ1) is 9.48. The topological polar surface area (TPSA) is 66.8 Å². The molecule has 0 aromatic carbocycles. The number of aliphatic hydroxyl groups is 1. The van der Waals surface area contributed by atoms with Gasteiger partial charge in [-0.25, -0.2) is 0 Å². The molecule has 1 rings (SSSR count). The second-order valence-electron chi connectivity index (χ2n) is 3.19. The minimum atomic E-state index is -0.795. The maximum Gasteiger partial charge on any atom is 0.306 e. The number of methoxy groups -OCH3 is 1. The second kappa shape index (κ2) is 3.87. The van der Waals surface area contributed by atoms with Gasteiger partial charge >= 0.3 is 5.97 Å². The van der Waals surface area contributed by atoms with Crippen molar-refractivity contribution >= 4 is 5.97 Å². The molecule has 4 nitrogen and oxygen atoms in total. The van der Waals surface area contributed by atoms with Crippen molar-refractivity contribution in [1.82, 2.24) is 0 Å². The maximum atomic E-state index is 10.4. The molecule has 4 heteroatoms. The van der Waals surface area contributed by atoms with E-state index in [1.54, 1.807) is 7.11 Å². The molecular formula is C8H14O4. The molecule has 1 fully saturated rings. The molecule has 1 aliphatic rings. The van der Waals surface area contributed by atoms with Crippen LogP contribution < -0.4 is 0 Å². The van der Waals surface area contributed by atoms with Gasteiger partial charge in [0.25, 0.3) is 0 Å². The van der Waals surface area contributed by atoms with Gasteiger partial charge in [0.15, 0.2) is 0 Å². The summed E-state index contributed by atoms with van der Waals surface area (Å²) in [6.45, 7) is 0.490. The highest BCUT2D eigenvalue weighted by molar-refractivity contribution is 5.73. The third-order valence-corrected chi connectivity index (χ3v) is 2.27. The minimum absolute atomic E-state index is 0.0438. The highest BCUT2D eigenvalue weighted by atomic mass is 16.5. The molecular weight excluding hydrogens is 160 g/mol. The molecule has 3 unspecified atom stereocenters. The van der Waals surface area contributed by atoms with E-state index < -0.39 is 12.1 Å². The Kier molecular flexibility index (Phi) is 3.05. The van der Waals surface area contributed by atoms with Gasteiger partial charge in [-0.2, -0.15) is 0 Å². The first-order valence-corrected chi connectivity index (χ1v) is 4.06. The summed E-state index contributed by atoms with van der Waals surface area (Å²) >= 11 is 0. The number of carboxylic acid groups (broad SMARTS) is 1. The van der Waals surface area contributed by atoms with Crippen molar-refractivity contribution < 1.29 is 19.7 Å². The predicted molar refractivity (Wildman–Crippen MR) is 41.7 cm³/mol. The van der Waals surface area contributed by atoms with Gasteiger partial charge in [0.1, 0.15) is 0 Å². The van der Waals surface area contributed by atoms with E-state index in [2.05, 4.69) is 0 Å². The number of aliphatic hydroxyl groups excluding tert-OH is 1. The molecule has 0 saturated heterocycles. The zero-order valence-electron chi connectivity index (χ0n) is 7.06. The van der Waals surface area contributed by atoms with Crippen molar-refractivity contribution in [2.45, 2.75) is 18.9 Å². The third-order valence-electron chi connectivity index (χ3n) is 2.27. The molecule has 0 aromatic rings. The second-order valence-corrected chi connectivity index (χ2v) is 3.19. The van der Waals surface area contributed by atoms with Crippen molar-refractivity contribution in [3.8, 4) is 0 Å². The van der Waals surface area contributed by atoms with Crippen molar-refractivity contribution in [1.29, 1.82) is 0 Å². The van der Waals surface area contributed by atoms with Gasteiger partial charge in [-0.05, 0) is 18.8 Å². The lowest BCUT2D eigenvalue weighted by Crippen LogP contribution is -2.15.